The van der Waals surface area contributed by atoms with Crippen LogP contribution in [0.3, 0.4) is 0 Å². The minimum atomic E-state index is -0.955. The van der Waals surface area contributed by atoms with Crippen LogP contribution in [0, 0.1) is 0 Å². The molecule has 0 spiro atoms. The van der Waals surface area contributed by atoms with E-state index in [1.54, 1.807) is 25.1 Å². The number of hydroxylamine groups is 1. The molecule has 0 saturated carbocycles. The molecule has 1 aliphatic rings. The van der Waals surface area contributed by atoms with Crippen molar-refractivity contribution in [3.05, 3.63) is 35.4 Å². The third-order valence-corrected chi connectivity index (χ3v) is 2.29. The monoisotopic (exact) mass is 206 g/mol. The number of hydrogen-bond acceptors (Lipinski definition) is 4. The van der Waals surface area contributed by atoms with Crippen LogP contribution in [0.25, 0.3) is 0 Å². The number of carbonyl (C=O) groups is 1. The summed E-state index contributed by atoms with van der Waals surface area (Å²) >= 11 is 0. The molecule has 5 heteroatoms. The van der Waals surface area contributed by atoms with Gasteiger partial charge in [-0.2, -0.15) is 0 Å². The van der Waals surface area contributed by atoms with Gasteiger partial charge in [-0.3, -0.25) is 0 Å². The fourth-order valence-corrected chi connectivity index (χ4v) is 1.39. The van der Waals surface area contributed by atoms with Crippen LogP contribution < -0.4 is 5.48 Å². The van der Waals surface area contributed by atoms with Crippen molar-refractivity contribution in [3.63, 3.8) is 0 Å². The Labute approximate surface area is 86.4 Å². The smallest absolute Gasteiger partial charge is 0.335 e. The van der Waals surface area contributed by atoms with Crippen molar-refractivity contribution in [1.82, 2.24) is 5.48 Å². The number of nitrogens with one attached hydrogen (secondary N) is 1. The van der Waals surface area contributed by atoms with Crippen LogP contribution in [-0.4, -0.2) is 17.5 Å². The highest BCUT2D eigenvalue weighted by atomic mass is 16.7. The highest BCUT2D eigenvalue weighted by Gasteiger charge is 2.29. The predicted molar refractivity (Wildman–Crippen MR) is 53.5 cm³/mol. The van der Waals surface area contributed by atoms with Crippen molar-refractivity contribution in [3.8, 4) is 0 Å². The Hall–Kier alpha value is -1.88. The average Bonchev–Trinajstić information content (AvgIpc) is 2.67. The number of carboxylic acid groups (broad SMARTS) is 1. The molecule has 0 aliphatic carbocycles. The number of benzene rings is 1. The third kappa shape index (κ3) is 1.69. The van der Waals surface area contributed by atoms with Gasteiger partial charge in [-0.05, 0) is 24.6 Å². The maximum Gasteiger partial charge on any atom is 0.335 e. The van der Waals surface area contributed by atoms with E-state index in [1.807, 2.05) is 0 Å². The molecule has 5 nitrogen and oxygen atoms in total. The molecule has 1 heterocycles. The van der Waals surface area contributed by atoms with Crippen molar-refractivity contribution in [2.45, 2.75) is 12.6 Å². The van der Waals surface area contributed by atoms with Crippen LogP contribution in [0.4, 0.5) is 0 Å². The summed E-state index contributed by atoms with van der Waals surface area (Å²) in [5.41, 5.74) is 2.98. The molecule has 2 N–H and O–H groups in total. The Kier molecular flexibility index (Phi) is 2.17. The highest BCUT2D eigenvalue weighted by molar-refractivity contribution is 5.87. The van der Waals surface area contributed by atoms with Crippen LogP contribution in [-0.2, 0) is 10.5 Å². The molecule has 0 saturated heterocycles. The van der Waals surface area contributed by atoms with Crippen molar-refractivity contribution in [2.75, 3.05) is 0 Å². The van der Waals surface area contributed by atoms with E-state index in [0.717, 1.165) is 5.56 Å². The minimum Gasteiger partial charge on any atom is -0.478 e. The third-order valence-electron chi connectivity index (χ3n) is 2.29. The molecule has 0 radical (unpaired) electrons. The van der Waals surface area contributed by atoms with Crippen LogP contribution in [0.1, 0.15) is 22.8 Å². The Balaban J connectivity index is 2.40. The number of nitrogens with zero attached hydrogens (tertiary/aromatic N) is 1. The molecule has 2 rings (SSSR count). The van der Waals surface area contributed by atoms with Gasteiger partial charge in [0.25, 0.3) is 0 Å². The Morgan fingerprint density at radius 1 is 1.60 bits per heavy atom. The van der Waals surface area contributed by atoms with Gasteiger partial charge in [-0.1, -0.05) is 12.1 Å². The Morgan fingerprint density at radius 2 is 2.40 bits per heavy atom. The zero-order valence-corrected chi connectivity index (χ0v) is 8.10. The molecular weight excluding hydrogens is 196 g/mol. The van der Waals surface area contributed by atoms with Gasteiger partial charge in [-0.15, -0.1) is 5.48 Å². The first kappa shape index (κ1) is 9.67. The number of aromatic carboxylic acids is 1. The SMILES string of the molecule is CC1(c2cccc(C(=O)O)c2)N=CON1. The van der Waals surface area contributed by atoms with Gasteiger partial charge in [-0.25, -0.2) is 9.79 Å². The predicted octanol–water partition coefficient (Wildman–Crippen LogP) is 1.12. The maximum atomic E-state index is 10.8. The molecule has 1 aliphatic heterocycles. The van der Waals surface area contributed by atoms with Crippen molar-refractivity contribution >= 4 is 12.4 Å². The van der Waals surface area contributed by atoms with Crippen molar-refractivity contribution < 1.29 is 14.7 Å². The van der Waals surface area contributed by atoms with E-state index in [-0.39, 0.29) is 5.56 Å². The largest absolute Gasteiger partial charge is 0.478 e. The summed E-state index contributed by atoms with van der Waals surface area (Å²) in [5.74, 6) is -0.955. The lowest BCUT2D eigenvalue weighted by atomic mass is 10.0. The zero-order valence-electron chi connectivity index (χ0n) is 8.10. The molecule has 78 valence electrons. The molecule has 1 aromatic carbocycles. The molecule has 15 heavy (non-hydrogen) atoms. The number of rotatable bonds is 2. The van der Waals surface area contributed by atoms with E-state index in [4.69, 9.17) is 9.94 Å². The first-order valence-electron chi connectivity index (χ1n) is 4.42. The van der Waals surface area contributed by atoms with Crippen LogP contribution >= 0.6 is 0 Å². The second-order valence-corrected chi connectivity index (χ2v) is 3.41. The molecular formula is C10H10N2O3. The second-order valence-electron chi connectivity index (χ2n) is 3.41. The summed E-state index contributed by atoms with van der Waals surface area (Å²) in [7, 11) is 0. The first-order valence-corrected chi connectivity index (χ1v) is 4.42. The van der Waals surface area contributed by atoms with Gasteiger partial charge in [0.15, 0.2) is 12.1 Å². The Bertz CT molecular complexity index is 430. The van der Waals surface area contributed by atoms with E-state index in [0.29, 0.717) is 0 Å². The van der Waals surface area contributed by atoms with Crippen LogP contribution in [0.5, 0.6) is 0 Å². The summed E-state index contributed by atoms with van der Waals surface area (Å²) in [6, 6.07) is 6.58. The average molecular weight is 206 g/mol. The van der Waals surface area contributed by atoms with E-state index < -0.39 is 11.6 Å². The van der Waals surface area contributed by atoms with Crippen molar-refractivity contribution in [1.29, 1.82) is 0 Å². The van der Waals surface area contributed by atoms with Crippen LogP contribution in [0.2, 0.25) is 0 Å². The van der Waals surface area contributed by atoms with Gasteiger partial charge in [0.05, 0.1) is 5.56 Å². The summed E-state index contributed by atoms with van der Waals surface area (Å²) in [4.78, 5) is 19.7. The summed E-state index contributed by atoms with van der Waals surface area (Å²) in [6.45, 7) is 1.80. The summed E-state index contributed by atoms with van der Waals surface area (Å²) in [6.07, 6.45) is 1.30. The van der Waals surface area contributed by atoms with E-state index in [1.165, 1.54) is 12.5 Å². The highest BCUT2D eigenvalue weighted by Crippen LogP contribution is 2.25. The lowest BCUT2D eigenvalue weighted by Gasteiger charge is -2.19. The molecule has 1 aromatic rings. The van der Waals surface area contributed by atoms with Gasteiger partial charge in [0.1, 0.15) is 0 Å². The number of hydrogen-bond donors (Lipinski definition) is 2. The topological polar surface area (TPSA) is 70.9 Å². The normalized spacial score (nSPS) is 23.8. The standard InChI is InChI=1S/C10H10N2O3/c1-10(11-6-15-12-10)8-4-2-3-7(5-8)9(13)14/h2-6,12H,1H3,(H,13,14). The Morgan fingerprint density at radius 3 is 3.00 bits per heavy atom. The lowest BCUT2D eigenvalue weighted by molar-refractivity contribution is 0.0696. The molecule has 0 bridgehead atoms. The van der Waals surface area contributed by atoms with Crippen LogP contribution in [0.15, 0.2) is 29.3 Å². The first-order chi connectivity index (χ1) is 7.12. The molecule has 0 aromatic heterocycles. The van der Waals surface area contributed by atoms with E-state index >= 15 is 0 Å². The van der Waals surface area contributed by atoms with Gasteiger partial charge < -0.3 is 9.94 Å². The second kappa shape index (κ2) is 3.36. The molecule has 1 unspecified atom stereocenters. The van der Waals surface area contributed by atoms with Crippen molar-refractivity contribution in [2.24, 2.45) is 4.99 Å². The van der Waals surface area contributed by atoms with Gasteiger partial charge >= 0.3 is 5.97 Å². The fraction of sp³-hybridized carbons (Fsp3) is 0.200. The zero-order chi connectivity index (χ0) is 10.9. The number of aliphatic imine (C=N–C) groups is 1. The lowest BCUT2D eigenvalue weighted by Crippen LogP contribution is -2.32. The maximum absolute atomic E-state index is 10.8. The molecule has 0 fully saturated rings. The summed E-state index contributed by atoms with van der Waals surface area (Å²) < 4.78 is 0. The van der Waals surface area contributed by atoms with E-state index in [2.05, 4.69) is 10.5 Å². The fourth-order valence-electron chi connectivity index (χ4n) is 1.39. The number of carboxylic acids is 1. The van der Waals surface area contributed by atoms with E-state index in [9.17, 15) is 4.79 Å². The minimum absolute atomic E-state index is 0.234. The quantitative estimate of drug-likeness (QED) is 0.760. The molecule has 1 atom stereocenters. The summed E-state index contributed by atoms with van der Waals surface area (Å²) in [5, 5.41) is 8.85. The molecule has 0 amide bonds. The van der Waals surface area contributed by atoms with Gasteiger partial charge in [0, 0.05) is 0 Å². The van der Waals surface area contributed by atoms with Gasteiger partial charge in [0.2, 0.25) is 0 Å².